The number of nitrogens with zero attached hydrogens (tertiary/aromatic N) is 4. The first kappa shape index (κ1) is 48.1. The monoisotopic (exact) mass is 1310 g/mol. The van der Waals surface area contributed by atoms with Crippen molar-refractivity contribution in [2.75, 3.05) is 4.90 Å². The van der Waals surface area contributed by atoms with Gasteiger partial charge in [0, 0.05) is 62.3 Å². The summed E-state index contributed by atoms with van der Waals surface area (Å²) in [4.78, 5) is 7.01. The number of rotatable bonds is 6. The zero-order chi connectivity index (χ0) is 67.2. The number of anilines is 2. The Morgan fingerprint density at radius 1 is 0.442 bits per heavy atom. The van der Waals surface area contributed by atoms with E-state index >= 15 is 0 Å². The normalized spacial score (nSPS) is 15.0. The Morgan fingerprint density at radius 3 is 1.59 bits per heavy atom. The largest absolute Gasteiger partial charge is 0.509 e. The fraction of sp³-hybridized carbons (Fsp3) is 0.250. The molecule has 6 heteroatoms. The van der Waals surface area contributed by atoms with Crippen LogP contribution in [0.15, 0.2) is 188 Å². The minimum atomic E-state index is -3.52. The van der Waals surface area contributed by atoms with Crippen LogP contribution in [0.4, 0.5) is 11.4 Å². The summed E-state index contributed by atoms with van der Waals surface area (Å²) < 4.78 is 92.5. The van der Waals surface area contributed by atoms with E-state index in [9.17, 15) is 0 Å². The molecule has 0 aliphatic carbocycles. The van der Waals surface area contributed by atoms with Crippen LogP contribution in [0.2, 0.25) is 0 Å². The van der Waals surface area contributed by atoms with Crippen LogP contribution in [0, 0.1) is 18.8 Å². The van der Waals surface area contributed by atoms with Crippen LogP contribution in [0.25, 0.3) is 93.2 Å². The van der Waals surface area contributed by atoms with Gasteiger partial charge in [-0.25, -0.2) is 4.98 Å². The Morgan fingerprint density at radius 2 is 0.965 bits per heavy atom. The summed E-state index contributed by atoms with van der Waals surface area (Å²) in [5, 5.41) is 7.68. The van der Waals surface area contributed by atoms with Crippen molar-refractivity contribution in [1.82, 2.24) is 14.1 Å². The molecule has 3 aromatic heterocycles. The summed E-state index contributed by atoms with van der Waals surface area (Å²) in [6.07, 6.45) is 1.86. The molecular weight excluding hydrogens is 1230 g/mol. The molecule has 0 saturated carbocycles. The smallest absolute Gasteiger partial charge is 0.135 e. The first-order valence-corrected chi connectivity index (χ1v) is 29.4. The Labute approximate surface area is 535 Å². The molecule has 5 nitrogen and oxygen atoms in total. The van der Waals surface area contributed by atoms with E-state index < -0.39 is 31.4 Å². The molecule has 9 aromatic carbocycles. The van der Waals surface area contributed by atoms with Crippen LogP contribution >= 0.6 is 0 Å². The molecule has 0 saturated heterocycles. The Kier molecular flexibility index (Phi) is 11.8. The quantitative estimate of drug-likeness (QED) is 0.156. The van der Waals surface area contributed by atoms with E-state index in [1.54, 1.807) is 0 Å². The number of ether oxygens (including phenoxy) is 1. The van der Waals surface area contributed by atoms with Crippen molar-refractivity contribution in [1.29, 1.82) is 0 Å². The van der Waals surface area contributed by atoms with Crippen LogP contribution in [-0.2, 0) is 48.1 Å². The van der Waals surface area contributed by atoms with Gasteiger partial charge in [0.05, 0.1) is 0 Å². The SMILES string of the molecule is [2H]C([2H])([2H])C(c1cc(-c2ccc(-c3cc(C(C)(C)C)cc(C(C)(C)C)c3)c3c4ccccc4c4ccccc4c4cccc5c4n(c23)[CH-]N5c2[c-]c(Oc3[c-]c4c(cc3)c3ccccc3n4-c3cc(C(C)(C)C)ccn3)ccc2)cc(C(C)(C)C)c1)(C([2H])([2H])[2H])C([2H])([2H])[2H].[Pt]. The second-order valence-corrected chi connectivity index (χ2v) is 27.2. The van der Waals surface area contributed by atoms with E-state index in [0.717, 1.165) is 99.0 Å². The van der Waals surface area contributed by atoms with Gasteiger partial charge < -0.3 is 18.8 Å². The van der Waals surface area contributed by atoms with E-state index in [1.807, 2.05) is 75.5 Å². The third-order valence-electron chi connectivity index (χ3n) is 17.0. The third kappa shape index (κ3) is 10.3. The Bertz CT molecular complexity index is 5050. The minimum absolute atomic E-state index is 0. The van der Waals surface area contributed by atoms with Gasteiger partial charge in [0.25, 0.3) is 0 Å². The molecule has 0 bridgehead atoms. The first-order chi connectivity index (χ1) is 44.0. The van der Waals surface area contributed by atoms with Crippen molar-refractivity contribution in [3.63, 3.8) is 0 Å². The number of hydrogen-bond acceptors (Lipinski definition) is 3. The van der Waals surface area contributed by atoms with Gasteiger partial charge in [0.2, 0.25) is 0 Å². The van der Waals surface area contributed by atoms with E-state index in [-0.39, 0.29) is 42.9 Å². The molecule has 0 amide bonds. The van der Waals surface area contributed by atoms with Gasteiger partial charge in [-0.05, 0) is 157 Å². The molecule has 436 valence electrons. The second-order valence-electron chi connectivity index (χ2n) is 27.2. The van der Waals surface area contributed by atoms with Crippen LogP contribution in [0.3, 0.4) is 0 Å². The van der Waals surface area contributed by atoms with Crippen molar-refractivity contribution in [2.45, 2.75) is 131 Å². The van der Waals surface area contributed by atoms with Crippen molar-refractivity contribution in [2.24, 2.45) is 0 Å². The number of pyridine rings is 1. The molecule has 12 aromatic rings. The van der Waals surface area contributed by atoms with E-state index in [1.165, 1.54) is 12.1 Å². The van der Waals surface area contributed by atoms with Crippen LogP contribution < -0.4 is 9.64 Å². The summed E-state index contributed by atoms with van der Waals surface area (Å²) in [7, 11) is 0. The molecule has 0 radical (unpaired) electrons. The van der Waals surface area contributed by atoms with E-state index in [0.29, 0.717) is 39.4 Å². The van der Waals surface area contributed by atoms with Crippen LogP contribution in [-0.4, -0.2) is 14.1 Å². The molecule has 0 unspecified atom stereocenters. The summed E-state index contributed by atoms with van der Waals surface area (Å²) in [5.41, 5.74) is 6.80. The molecule has 1 aliphatic heterocycles. The Hall–Kier alpha value is -8.11. The van der Waals surface area contributed by atoms with Gasteiger partial charge in [0.1, 0.15) is 5.82 Å². The fourth-order valence-electron chi connectivity index (χ4n) is 12.3. The van der Waals surface area contributed by atoms with Crippen molar-refractivity contribution in [3.8, 4) is 39.6 Å². The van der Waals surface area contributed by atoms with Crippen molar-refractivity contribution >= 4 is 76.5 Å². The molecular formula is C80H77N4OPt-3. The molecule has 1 aliphatic rings. The second kappa shape index (κ2) is 21.1. The van der Waals surface area contributed by atoms with E-state index in [4.69, 9.17) is 22.1 Å². The maximum atomic E-state index is 9.03. The first-order valence-electron chi connectivity index (χ1n) is 33.9. The van der Waals surface area contributed by atoms with Gasteiger partial charge in [-0.1, -0.05) is 242 Å². The predicted molar refractivity (Wildman–Crippen MR) is 361 cm³/mol. The molecule has 0 fully saturated rings. The van der Waals surface area contributed by atoms with Gasteiger partial charge in [-0.3, -0.25) is 0 Å². The van der Waals surface area contributed by atoms with E-state index in [2.05, 4.69) is 216 Å². The zero-order valence-electron chi connectivity index (χ0n) is 60.0. The Balaban J connectivity index is 0.00000864. The fourth-order valence-corrected chi connectivity index (χ4v) is 12.3. The molecule has 86 heavy (non-hydrogen) atoms. The van der Waals surface area contributed by atoms with Gasteiger partial charge >= 0.3 is 0 Å². The van der Waals surface area contributed by atoms with Crippen LogP contribution in [0.5, 0.6) is 11.5 Å². The predicted octanol–water partition coefficient (Wildman–Crippen LogP) is 22.0. The van der Waals surface area contributed by atoms with Gasteiger partial charge in [-0.15, -0.1) is 35.7 Å². The molecule has 13 rings (SSSR count). The number of aromatic nitrogens is 3. The standard InChI is InChI=1S/C80H77N4O.Pt/c1-76(2,3)52-38-39-81-72(46-52)84-69-32-21-20-29-65(69)66-35-34-59(48-71(66)84)85-58-25-22-24-57(47-58)82-49-83-74-68(31-23-33-70(74)82)64-28-17-16-26-62(64)63-27-18-19-30-67(63)73-60(50-40-53(77(4,5)6)44-54(41-50)78(7,8)9)36-37-61(75(73)83)51-42-55(79(10,11)12)45-56(43-51)80(13,14)15;/h16-46,49H,1-15H3;/q-3;/i10D3,11D3,12D3;. The molecule has 0 spiro atoms. The maximum Gasteiger partial charge on any atom is 0.135 e. The third-order valence-corrected chi connectivity index (χ3v) is 17.0. The topological polar surface area (TPSA) is 35.2 Å². The van der Waals surface area contributed by atoms with Crippen molar-refractivity contribution in [3.05, 3.63) is 235 Å². The number of para-hydroxylation sites is 2. The van der Waals surface area contributed by atoms with Crippen molar-refractivity contribution < 1.29 is 38.1 Å². The maximum absolute atomic E-state index is 9.03. The summed E-state index contributed by atoms with van der Waals surface area (Å²) in [6.45, 7) is 17.3. The average Bonchev–Trinajstić information content (AvgIpc) is 1.68. The summed E-state index contributed by atoms with van der Waals surface area (Å²) >= 11 is 0. The summed E-state index contributed by atoms with van der Waals surface area (Å²) in [5.74, 6) is 1.70. The molecule has 4 heterocycles. The molecule has 0 atom stereocenters. The van der Waals surface area contributed by atoms with Gasteiger partial charge in [0.15, 0.2) is 0 Å². The molecule has 0 N–H and O–H groups in total. The zero-order valence-corrected chi connectivity index (χ0v) is 53.3. The number of benzene rings is 9. The van der Waals surface area contributed by atoms with Gasteiger partial charge in [-0.2, -0.15) is 12.1 Å². The number of hydrogen-bond donors (Lipinski definition) is 0. The van der Waals surface area contributed by atoms with Crippen LogP contribution in [0.1, 0.15) is 144 Å². The number of fused-ring (bicyclic) bond motifs is 10. The minimum Gasteiger partial charge on any atom is -0.509 e. The average molecular weight is 1310 g/mol. The summed E-state index contributed by atoms with van der Waals surface area (Å²) in [6, 6.07) is 68.9.